The number of piperidine rings is 1. The van der Waals surface area contributed by atoms with Crippen LogP contribution >= 0.6 is 0 Å². The van der Waals surface area contributed by atoms with Crippen LogP contribution in [0.3, 0.4) is 0 Å². The second-order valence-electron chi connectivity index (χ2n) is 7.17. The molecule has 0 N–H and O–H groups in total. The quantitative estimate of drug-likeness (QED) is 0.639. The first-order valence-corrected chi connectivity index (χ1v) is 11.0. The maximum Gasteiger partial charge on any atom is 0.416 e. The second kappa shape index (κ2) is 8.77. The maximum atomic E-state index is 13.1. The first-order valence-electron chi connectivity index (χ1n) is 9.54. The number of esters is 1. The van der Waals surface area contributed by atoms with Crippen molar-refractivity contribution in [3.05, 3.63) is 64.7 Å². The fourth-order valence-corrected chi connectivity index (χ4v) is 4.92. The Bertz CT molecular complexity index is 1030. The Morgan fingerprint density at radius 3 is 2.40 bits per heavy atom. The van der Waals surface area contributed by atoms with Crippen molar-refractivity contribution in [3.63, 3.8) is 0 Å². The van der Waals surface area contributed by atoms with Crippen LogP contribution in [-0.2, 0) is 27.5 Å². The van der Waals surface area contributed by atoms with Crippen LogP contribution in [0.5, 0.6) is 0 Å². The summed E-state index contributed by atoms with van der Waals surface area (Å²) in [7, 11) is -3.75. The minimum absolute atomic E-state index is 0.0116. The van der Waals surface area contributed by atoms with Gasteiger partial charge in [-0.15, -0.1) is 0 Å². The fraction of sp³-hybridized carbons (Fsp3) is 0.381. The number of sulfonamides is 1. The largest absolute Gasteiger partial charge is 0.457 e. The highest BCUT2D eigenvalue weighted by Crippen LogP contribution is 2.32. The Morgan fingerprint density at radius 1 is 1.07 bits per heavy atom. The molecule has 5 nitrogen and oxygen atoms in total. The molecule has 1 saturated heterocycles. The molecule has 0 amide bonds. The number of alkyl halides is 3. The number of hydrogen-bond donors (Lipinski definition) is 0. The molecule has 3 rings (SSSR count). The van der Waals surface area contributed by atoms with Crippen LogP contribution in [0.1, 0.15) is 46.3 Å². The van der Waals surface area contributed by atoms with Gasteiger partial charge in [0.25, 0.3) is 0 Å². The molecule has 0 radical (unpaired) electrons. The highest BCUT2D eigenvalue weighted by Gasteiger charge is 2.33. The van der Waals surface area contributed by atoms with Crippen molar-refractivity contribution in [2.75, 3.05) is 13.1 Å². The Morgan fingerprint density at radius 2 is 1.73 bits per heavy atom. The zero-order valence-corrected chi connectivity index (χ0v) is 17.2. The molecule has 0 aliphatic carbocycles. The normalized spacial score (nSPS) is 15.7. The fourth-order valence-electron chi connectivity index (χ4n) is 3.38. The van der Waals surface area contributed by atoms with Gasteiger partial charge in [0, 0.05) is 18.7 Å². The van der Waals surface area contributed by atoms with Crippen molar-refractivity contribution >= 4 is 16.0 Å². The van der Waals surface area contributed by atoms with Gasteiger partial charge in [-0.1, -0.05) is 30.7 Å². The molecule has 0 saturated carbocycles. The molecule has 9 heteroatoms. The minimum atomic E-state index is -4.57. The van der Waals surface area contributed by atoms with Crippen LogP contribution in [0.2, 0.25) is 0 Å². The van der Waals surface area contributed by atoms with Crippen LogP contribution in [-0.4, -0.2) is 31.8 Å². The SMILES string of the molecule is Cc1ccc(S(=O)(=O)N2CCCCC2)cc1C(=O)OCc1ccccc1C(F)(F)F. The molecule has 30 heavy (non-hydrogen) atoms. The van der Waals surface area contributed by atoms with E-state index >= 15 is 0 Å². The van der Waals surface area contributed by atoms with Crippen LogP contribution in [0.25, 0.3) is 0 Å². The maximum absolute atomic E-state index is 13.1. The van der Waals surface area contributed by atoms with Crippen molar-refractivity contribution in [3.8, 4) is 0 Å². The Hall–Kier alpha value is -2.39. The van der Waals surface area contributed by atoms with E-state index in [0.717, 1.165) is 25.3 Å². The van der Waals surface area contributed by atoms with Gasteiger partial charge in [-0.3, -0.25) is 0 Å². The van der Waals surface area contributed by atoms with Crippen molar-refractivity contribution in [2.45, 2.75) is 43.9 Å². The van der Waals surface area contributed by atoms with Crippen LogP contribution in [0.4, 0.5) is 13.2 Å². The zero-order chi connectivity index (χ0) is 21.9. The van der Waals surface area contributed by atoms with Gasteiger partial charge < -0.3 is 4.74 Å². The van der Waals surface area contributed by atoms with E-state index in [-0.39, 0.29) is 16.0 Å². The van der Waals surface area contributed by atoms with Gasteiger partial charge in [0.2, 0.25) is 10.0 Å². The third kappa shape index (κ3) is 4.84. The molecule has 1 heterocycles. The number of rotatable bonds is 5. The summed E-state index contributed by atoms with van der Waals surface area (Å²) in [6.45, 7) is 1.88. The topological polar surface area (TPSA) is 63.7 Å². The number of ether oxygens (including phenoxy) is 1. The number of aryl methyl sites for hydroxylation is 1. The number of hydrogen-bond acceptors (Lipinski definition) is 4. The summed E-state index contributed by atoms with van der Waals surface area (Å²) >= 11 is 0. The van der Waals surface area contributed by atoms with Crippen LogP contribution in [0.15, 0.2) is 47.4 Å². The van der Waals surface area contributed by atoms with Gasteiger partial charge in [-0.25, -0.2) is 13.2 Å². The molecular formula is C21H22F3NO4S. The van der Waals surface area contributed by atoms with Crippen molar-refractivity contribution in [1.82, 2.24) is 4.31 Å². The number of nitrogens with zero attached hydrogens (tertiary/aromatic N) is 1. The van der Waals surface area contributed by atoms with E-state index in [0.29, 0.717) is 18.7 Å². The lowest BCUT2D eigenvalue weighted by atomic mass is 10.1. The molecule has 162 valence electrons. The smallest absolute Gasteiger partial charge is 0.416 e. The van der Waals surface area contributed by atoms with E-state index in [2.05, 4.69) is 0 Å². The summed E-state index contributed by atoms with van der Waals surface area (Å²) in [5.74, 6) is -0.875. The number of carbonyl (C=O) groups is 1. The Balaban J connectivity index is 1.81. The highest BCUT2D eigenvalue weighted by molar-refractivity contribution is 7.89. The molecule has 0 spiro atoms. The molecular weight excluding hydrogens is 419 g/mol. The van der Waals surface area contributed by atoms with E-state index in [9.17, 15) is 26.4 Å². The third-order valence-corrected chi connectivity index (χ3v) is 6.96. The molecule has 0 unspecified atom stereocenters. The van der Waals surface area contributed by atoms with Gasteiger partial charge in [0.15, 0.2) is 0 Å². The Kier molecular flexibility index (Phi) is 6.52. The van der Waals surface area contributed by atoms with Crippen LogP contribution < -0.4 is 0 Å². The lowest BCUT2D eigenvalue weighted by Gasteiger charge is -2.26. The third-order valence-electron chi connectivity index (χ3n) is 5.06. The molecule has 0 aromatic heterocycles. The van der Waals surface area contributed by atoms with Crippen molar-refractivity contribution < 1.29 is 31.1 Å². The predicted molar refractivity (Wildman–Crippen MR) is 104 cm³/mol. The van der Waals surface area contributed by atoms with Gasteiger partial charge in [-0.2, -0.15) is 17.5 Å². The van der Waals surface area contributed by atoms with Gasteiger partial charge >= 0.3 is 12.1 Å². The summed E-state index contributed by atoms with van der Waals surface area (Å²) in [5, 5.41) is 0. The van der Waals surface area contributed by atoms with Gasteiger partial charge in [0.05, 0.1) is 16.0 Å². The predicted octanol–water partition coefficient (Wildman–Crippen LogP) is 4.55. The van der Waals surface area contributed by atoms with E-state index in [1.807, 2.05) is 0 Å². The lowest BCUT2D eigenvalue weighted by Crippen LogP contribution is -2.35. The first kappa shape index (κ1) is 22.3. The minimum Gasteiger partial charge on any atom is -0.457 e. The lowest BCUT2D eigenvalue weighted by molar-refractivity contribution is -0.138. The molecule has 2 aromatic rings. The second-order valence-corrected chi connectivity index (χ2v) is 9.11. The summed E-state index contributed by atoms with van der Waals surface area (Å²) < 4.78 is 71.5. The van der Waals surface area contributed by atoms with Crippen molar-refractivity contribution in [2.24, 2.45) is 0 Å². The molecule has 0 atom stereocenters. The van der Waals surface area contributed by atoms with E-state index < -0.39 is 34.3 Å². The molecule has 1 aliphatic heterocycles. The number of benzene rings is 2. The Labute approximate surface area is 173 Å². The zero-order valence-electron chi connectivity index (χ0n) is 16.4. The van der Waals surface area contributed by atoms with Gasteiger partial charge in [-0.05, 0) is 43.5 Å². The van der Waals surface area contributed by atoms with E-state index in [1.54, 1.807) is 6.92 Å². The molecule has 2 aromatic carbocycles. The number of carbonyl (C=O) groups excluding carboxylic acids is 1. The average molecular weight is 441 g/mol. The van der Waals surface area contributed by atoms with Crippen LogP contribution in [0, 0.1) is 6.92 Å². The standard InChI is InChI=1S/C21H22F3NO4S/c1-15-9-10-17(30(27,28)25-11-5-2-6-12-25)13-18(15)20(26)29-14-16-7-3-4-8-19(16)21(22,23)24/h3-4,7-10,13H,2,5-6,11-12,14H2,1H3. The van der Waals surface area contributed by atoms with E-state index in [4.69, 9.17) is 4.74 Å². The first-order chi connectivity index (χ1) is 14.1. The van der Waals surface area contributed by atoms with Gasteiger partial charge in [0.1, 0.15) is 6.61 Å². The van der Waals surface area contributed by atoms with Crippen molar-refractivity contribution in [1.29, 1.82) is 0 Å². The summed E-state index contributed by atoms with van der Waals surface area (Å²) in [6, 6.07) is 8.99. The highest BCUT2D eigenvalue weighted by atomic mass is 32.2. The summed E-state index contributed by atoms with van der Waals surface area (Å²) in [6.07, 6.45) is -2.05. The molecule has 1 fully saturated rings. The average Bonchev–Trinajstić information content (AvgIpc) is 2.72. The monoisotopic (exact) mass is 441 g/mol. The molecule has 1 aliphatic rings. The summed E-state index contributed by atoms with van der Waals surface area (Å²) in [4.78, 5) is 12.5. The summed E-state index contributed by atoms with van der Waals surface area (Å²) in [5.41, 5.74) is -0.566. The molecule has 0 bridgehead atoms. The number of halogens is 3. The van der Waals surface area contributed by atoms with E-state index in [1.165, 1.54) is 40.7 Å².